The first kappa shape index (κ1) is 20.8. The number of ether oxygens (including phenoxy) is 1. The molecule has 2 heterocycles. The van der Waals surface area contributed by atoms with Crippen LogP contribution in [0.3, 0.4) is 0 Å². The van der Waals surface area contributed by atoms with Gasteiger partial charge in [-0.2, -0.15) is 0 Å². The third-order valence-electron chi connectivity index (χ3n) is 5.03. The molecule has 7 heteroatoms. The van der Waals surface area contributed by atoms with Crippen LogP contribution in [0.15, 0.2) is 53.7 Å². The van der Waals surface area contributed by atoms with Gasteiger partial charge < -0.3 is 4.74 Å². The quantitative estimate of drug-likeness (QED) is 0.697. The average Bonchev–Trinajstić information content (AvgIpc) is 2.73. The Kier molecular flexibility index (Phi) is 7.42. The lowest BCUT2D eigenvalue weighted by atomic mass is 9.97. The van der Waals surface area contributed by atoms with Crippen LogP contribution >= 0.6 is 0 Å². The van der Waals surface area contributed by atoms with Crippen molar-refractivity contribution in [2.75, 3.05) is 26.2 Å². The molecule has 0 atom stereocenters. The summed E-state index contributed by atoms with van der Waals surface area (Å²) in [5.74, 6) is 1.07. The molecule has 2 aromatic rings. The van der Waals surface area contributed by atoms with Crippen LogP contribution in [-0.4, -0.2) is 44.5 Å². The monoisotopic (exact) mass is 403 g/mol. The minimum atomic E-state index is -3.49. The highest BCUT2D eigenvalue weighted by atomic mass is 32.2. The Labute approximate surface area is 168 Å². The van der Waals surface area contributed by atoms with E-state index in [9.17, 15) is 8.42 Å². The molecule has 1 aromatic heterocycles. The zero-order valence-corrected chi connectivity index (χ0v) is 17.2. The molecule has 0 bridgehead atoms. The van der Waals surface area contributed by atoms with Gasteiger partial charge in [0, 0.05) is 25.5 Å². The van der Waals surface area contributed by atoms with E-state index < -0.39 is 10.0 Å². The van der Waals surface area contributed by atoms with Crippen LogP contribution in [-0.2, 0) is 16.6 Å². The highest BCUT2D eigenvalue weighted by Crippen LogP contribution is 2.20. The Morgan fingerprint density at radius 2 is 1.79 bits per heavy atom. The molecule has 1 fully saturated rings. The average molecular weight is 404 g/mol. The Hall–Kier alpha value is -1.96. The maximum absolute atomic E-state index is 12.5. The van der Waals surface area contributed by atoms with Crippen molar-refractivity contribution in [1.82, 2.24) is 14.6 Å². The predicted octanol–water partition coefficient (Wildman–Crippen LogP) is 3.06. The van der Waals surface area contributed by atoms with E-state index in [0.29, 0.717) is 24.8 Å². The van der Waals surface area contributed by atoms with Gasteiger partial charge in [-0.1, -0.05) is 6.92 Å². The van der Waals surface area contributed by atoms with Crippen molar-refractivity contribution in [2.45, 2.75) is 37.6 Å². The number of pyridine rings is 1. The smallest absolute Gasteiger partial charge is 0.240 e. The van der Waals surface area contributed by atoms with E-state index >= 15 is 0 Å². The van der Waals surface area contributed by atoms with Gasteiger partial charge in [0.2, 0.25) is 10.0 Å². The van der Waals surface area contributed by atoms with E-state index in [1.165, 1.54) is 5.56 Å². The van der Waals surface area contributed by atoms with Gasteiger partial charge in [-0.05, 0) is 80.2 Å². The van der Waals surface area contributed by atoms with Crippen LogP contribution < -0.4 is 9.46 Å². The van der Waals surface area contributed by atoms with Crippen LogP contribution in [0, 0.1) is 5.92 Å². The van der Waals surface area contributed by atoms with Crippen molar-refractivity contribution in [3.8, 4) is 5.75 Å². The molecule has 1 N–H and O–H groups in total. The predicted molar refractivity (Wildman–Crippen MR) is 110 cm³/mol. The second-order valence-electron chi connectivity index (χ2n) is 7.25. The van der Waals surface area contributed by atoms with Gasteiger partial charge in [0.1, 0.15) is 5.75 Å². The summed E-state index contributed by atoms with van der Waals surface area (Å²) < 4.78 is 33.4. The van der Waals surface area contributed by atoms with Gasteiger partial charge in [0.25, 0.3) is 0 Å². The van der Waals surface area contributed by atoms with Gasteiger partial charge in [0.15, 0.2) is 0 Å². The Morgan fingerprint density at radius 1 is 1.11 bits per heavy atom. The fourth-order valence-corrected chi connectivity index (χ4v) is 4.46. The molecule has 0 amide bonds. The van der Waals surface area contributed by atoms with E-state index in [2.05, 4.69) is 14.6 Å². The van der Waals surface area contributed by atoms with Crippen molar-refractivity contribution >= 4 is 10.0 Å². The number of rotatable bonds is 9. The van der Waals surface area contributed by atoms with Crippen molar-refractivity contribution < 1.29 is 13.2 Å². The molecule has 6 nitrogen and oxygen atoms in total. The summed E-state index contributed by atoms with van der Waals surface area (Å²) in [5, 5.41) is 0. The molecule has 0 spiro atoms. The number of aromatic nitrogens is 1. The number of nitrogens with zero attached hydrogens (tertiary/aromatic N) is 2. The van der Waals surface area contributed by atoms with Gasteiger partial charge in [-0.3, -0.25) is 9.88 Å². The minimum absolute atomic E-state index is 0.284. The lowest BCUT2D eigenvalue weighted by Gasteiger charge is -2.32. The van der Waals surface area contributed by atoms with Gasteiger partial charge in [-0.15, -0.1) is 0 Å². The fraction of sp³-hybridized carbons (Fsp3) is 0.476. The second-order valence-corrected chi connectivity index (χ2v) is 9.01. The first-order valence-corrected chi connectivity index (χ1v) is 11.4. The van der Waals surface area contributed by atoms with Crippen molar-refractivity contribution in [1.29, 1.82) is 0 Å². The summed E-state index contributed by atoms with van der Waals surface area (Å²) in [7, 11) is -3.49. The number of benzene rings is 1. The number of sulfonamides is 1. The maximum Gasteiger partial charge on any atom is 0.240 e. The number of hydrogen-bond donors (Lipinski definition) is 1. The molecule has 0 radical (unpaired) electrons. The van der Waals surface area contributed by atoms with E-state index in [0.717, 1.165) is 38.9 Å². The third-order valence-corrected chi connectivity index (χ3v) is 6.47. The molecule has 28 heavy (non-hydrogen) atoms. The van der Waals surface area contributed by atoms with Crippen LogP contribution in [0.2, 0.25) is 0 Å². The Balaban J connectivity index is 1.45. The van der Waals surface area contributed by atoms with Crippen LogP contribution in [0.4, 0.5) is 0 Å². The molecule has 0 unspecified atom stereocenters. The lowest BCUT2D eigenvalue weighted by Crippen LogP contribution is -2.38. The number of nitrogens with one attached hydrogen (secondary N) is 1. The normalized spacial score (nSPS) is 16.2. The molecular formula is C21H29N3O3S. The summed E-state index contributed by atoms with van der Waals surface area (Å²) in [6, 6.07) is 10.7. The van der Waals surface area contributed by atoms with Crippen LogP contribution in [0.1, 0.15) is 31.7 Å². The molecule has 0 saturated carbocycles. The molecule has 152 valence electrons. The standard InChI is InChI=1S/C21H29N3O3S/c1-2-15-27-20-3-5-21(6-4-20)28(25,26)23-16-18-9-13-24(14-10-18)17-19-7-11-22-12-8-19/h3-8,11-12,18,23H,2,9-10,13-17H2,1H3. The number of hydrogen-bond acceptors (Lipinski definition) is 5. The van der Waals surface area contributed by atoms with Crippen LogP contribution in [0.5, 0.6) is 5.75 Å². The summed E-state index contributed by atoms with van der Waals surface area (Å²) in [4.78, 5) is 6.75. The maximum atomic E-state index is 12.5. The fourth-order valence-electron chi connectivity index (χ4n) is 3.34. The van der Waals surface area contributed by atoms with E-state index in [1.54, 1.807) is 24.3 Å². The number of likely N-dealkylation sites (tertiary alicyclic amines) is 1. The summed E-state index contributed by atoms with van der Waals surface area (Å²) in [6.07, 6.45) is 6.55. The van der Waals surface area contributed by atoms with E-state index in [-0.39, 0.29) is 4.90 Å². The van der Waals surface area contributed by atoms with Gasteiger partial charge >= 0.3 is 0 Å². The molecule has 1 aliphatic heterocycles. The van der Waals surface area contributed by atoms with E-state index in [1.807, 2.05) is 31.5 Å². The summed E-state index contributed by atoms with van der Waals surface area (Å²) >= 11 is 0. The highest BCUT2D eigenvalue weighted by molar-refractivity contribution is 7.89. The van der Waals surface area contributed by atoms with Crippen molar-refractivity contribution in [3.05, 3.63) is 54.4 Å². The first-order chi connectivity index (χ1) is 13.6. The SMILES string of the molecule is CCCOc1ccc(S(=O)(=O)NCC2CCN(Cc3ccncc3)CC2)cc1. The molecular weight excluding hydrogens is 374 g/mol. The van der Waals surface area contributed by atoms with Crippen molar-refractivity contribution in [3.63, 3.8) is 0 Å². The largest absolute Gasteiger partial charge is 0.494 e. The lowest BCUT2D eigenvalue weighted by molar-refractivity contribution is 0.178. The van der Waals surface area contributed by atoms with Crippen LogP contribution in [0.25, 0.3) is 0 Å². The summed E-state index contributed by atoms with van der Waals surface area (Å²) in [6.45, 7) is 6.04. The Morgan fingerprint density at radius 3 is 2.43 bits per heavy atom. The molecule has 1 saturated heterocycles. The zero-order chi connectivity index (χ0) is 19.8. The highest BCUT2D eigenvalue weighted by Gasteiger charge is 2.22. The van der Waals surface area contributed by atoms with E-state index in [4.69, 9.17) is 4.74 Å². The second kappa shape index (κ2) is 10.0. The molecule has 0 aliphatic carbocycles. The third kappa shape index (κ3) is 6.02. The molecule has 1 aromatic carbocycles. The summed E-state index contributed by atoms with van der Waals surface area (Å²) in [5.41, 5.74) is 1.26. The Bertz CT molecular complexity index is 818. The first-order valence-electron chi connectivity index (χ1n) is 9.90. The minimum Gasteiger partial charge on any atom is -0.494 e. The molecule has 1 aliphatic rings. The number of piperidine rings is 1. The van der Waals surface area contributed by atoms with Crippen molar-refractivity contribution in [2.24, 2.45) is 5.92 Å². The zero-order valence-electron chi connectivity index (χ0n) is 16.4. The molecule has 3 rings (SSSR count). The van der Waals surface area contributed by atoms with Gasteiger partial charge in [0.05, 0.1) is 11.5 Å². The van der Waals surface area contributed by atoms with Gasteiger partial charge in [-0.25, -0.2) is 13.1 Å². The topological polar surface area (TPSA) is 71.5 Å².